The summed E-state index contributed by atoms with van der Waals surface area (Å²) in [5, 5.41) is 7.71. The lowest BCUT2D eigenvalue weighted by Crippen LogP contribution is -2.49. The van der Waals surface area contributed by atoms with Crippen molar-refractivity contribution in [3.8, 4) is 0 Å². The third-order valence-electron chi connectivity index (χ3n) is 3.99. The molecular weight excluding hydrogens is 397 g/mol. The van der Waals surface area contributed by atoms with Crippen molar-refractivity contribution in [3.63, 3.8) is 0 Å². The number of halogens is 1. The van der Waals surface area contributed by atoms with Gasteiger partial charge < -0.3 is 5.32 Å². The molecule has 2 aromatic heterocycles. The molecule has 1 aromatic carbocycles. The van der Waals surface area contributed by atoms with Crippen LogP contribution in [0.1, 0.15) is 34.8 Å². The van der Waals surface area contributed by atoms with E-state index in [1.807, 2.05) is 6.92 Å². The maximum absolute atomic E-state index is 13.1. The molecule has 0 unspecified atom stereocenters. The van der Waals surface area contributed by atoms with Gasteiger partial charge in [-0.05, 0) is 44.5 Å². The topological polar surface area (TPSA) is 105 Å². The van der Waals surface area contributed by atoms with Gasteiger partial charge in [0, 0.05) is 11.4 Å². The summed E-state index contributed by atoms with van der Waals surface area (Å²) in [5.74, 6) is -2.63. The van der Waals surface area contributed by atoms with Crippen LogP contribution in [-0.4, -0.2) is 33.5 Å². The Labute approximate surface area is 170 Å². The SMILES string of the molecule is Cc1nn(Cc2ccc(F)cc2)c2sc(C(=O)NNC(=O)C(=O)NC(C)C)cc12. The standard InChI is InChI=1S/C19H20FN5O3S/c1-10(2)21-17(27)18(28)23-22-16(26)15-8-14-11(3)24-25(19(14)29-15)9-12-4-6-13(20)7-5-12/h4-8,10H,9H2,1-3H3,(H,21,27)(H,22,26)(H,23,28). The fourth-order valence-corrected chi connectivity index (χ4v) is 3.71. The number of thiophene rings is 1. The first kappa shape index (κ1) is 20.5. The molecular formula is C19H20FN5O3S. The van der Waals surface area contributed by atoms with E-state index in [0.717, 1.165) is 21.5 Å². The summed E-state index contributed by atoms with van der Waals surface area (Å²) in [6.07, 6.45) is 0. The lowest BCUT2D eigenvalue weighted by molar-refractivity contribution is -0.139. The van der Waals surface area contributed by atoms with Gasteiger partial charge in [-0.15, -0.1) is 11.3 Å². The van der Waals surface area contributed by atoms with Crippen molar-refractivity contribution in [2.45, 2.75) is 33.4 Å². The second kappa shape index (κ2) is 8.39. The molecule has 0 aliphatic carbocycles. The normalized spacial score (nSPS) is 10.9. The molecule has 10 heteroatoms. The minimum Gasteiger partial charge on any atom is -0.346 e. The molecule has 8 nitrogen and oxygen atoms in total. The number of benzene rings is 1. The van der Waals surface area contributed by atoms with Crippen LogP contribution in [0.15, 0.2) is 30.3 Å². The second-order valence-corrected chi connectivity index (χ2v) is 7.77. The summed E-state index contributed by atoms with van der Waals surface area (Å²) >= 11 is 1.21. The fourth-order valence-electron chi connectivity index (χ4n) is 2.65. The van der Waals surface area contributed by atoms with Gasteiger partial charge in [0.2, 0.25) is 0 Å². The zero-order valence-corrected chi connectivity index (χ0v) is 16.9. The summed E-state index contributed by atoms with van der Waals surface area (Å²) in [6.45, 7) is 5.70. The molecule has 0 aliphatic rings. The highest BCUT2D eigenvalue weighted by atomic mass is 32.1. The van der Waals surface area contributed by atoms with Gasteiger partial charge in [-0.1, -0.05) is 12.1 Å². The Kier molecular flexibility index (Phi) is 5.92. The molecule has 152 valence electrons. The van der Waals surface area contributed by atoms with Gasteiger partial charge in [-0.25, -0.2) is 4.39 Å². The first-order valence-electron chi connectivity index (χ1n) is 8.87. The predicted molar refractivity (Wildman–Crippen MR) is 107 cm³/mol. The molecule has 0 saturated heterocycles. The molecule has 2 heterocycles. The number of nitrogens with one attached hydrogen (secondary N) is 3. The third kappa shape index (κ3) is 4.77. The largest absolute Gasteiger partial charge is 0.346 e. The number of fused-ring (bicyclic) bond motifs is 1. The molecule has 0 saturated carbocycles. The molecule has 0 atom stereocenters. The maximum atomic E-state index is 13.1. The van der Waals surface area contributed by atoms with Crippen LogP contribution in [0.2, 0.25) is 0 Å². The molecule has 0 spiro atoms. The smallest absolute Gasteiger partial charge is 0.327 e. The van der Waals surface area contributed by atoms with Crippen molar-refractivity contribution in [3.05, 3.63) is 52.3 Å². The summed E-state index contributed by atoms with van der Waals surface area (Å²) in [7, 11) is 0. The van der Waals surface area contributed by atoms with Gasteiger partial charge in [0.05, 0.1) is 17.1 Å². The van der Waals surface area contributed by atoms with Gasteiger partial charge in [0.25, 0.3) is 5.91 Å². The summed E-state index contributed by atoms with van der Waals surface area (Å²) in [6, 6.07) is 7.61. The van der Waals surface area contributed by atoms with E-state index in [1.165, 1.54) is 23.5 Å². The number of aromatic nitrogens is 2. The summed E-state index contributed by atoms with van der Waals surface area (Å²) in [4.78, 5) is 36.8. The number of hydrogen-bond acceptors (Lipinski definition) is 5. The van der Waals surface area contributed by atoms with Crippen LogP contribution >= 0.6 is 11.3 Å². The molecule has 0 bridgehead atoms. The predicted octanol–water partition coefficient (Wildman–Crippen LogP) is 1.88. The van der Waals surface area contributed by atoms with Crippen molar-refractivity contribution in [2.24, 2.45) is 0 Å². The van der Waals surface area contributed by atoms with Crippen LogP contribution in [0, 0.1) is 12.7 Å². The Morgan fingerprint density at radius 3 is 2.48 bits per heavy atom. The van der Waals surface area contributed by atoms with Crippen LogP contribution in [0.5, 0.6) is 0 Å². The number of rotatable bonds is 4. The Balaban J connectivity index is 1.72. The Morgan fingerprint density at radius 1 is 1.14 bits per heavy atom. The zero-order valence-electron chi connectivity index (χ0n) is 16.1. The van der Waals surface area contributed by atoms with Crippen molar-refractivity contribution in [1.82, 2.24) is 25.9 Å². The highest BCUT2D eigenvalue weighted by Crippen LogP contribution is 2.28. The minimum atomic E-state index is -0.952. The Hall–Kier alpha value is -3.27. The number of hydrogen-bond donors (Lipinski definition) is 3. The average Bonchev–Trinajstić information content (AvgIpc) is 3.22. The van der Waals surface area contributed by atoms with E-state index in [1.54, 1.807) is 36.7 Å². The van der Waals surface area contributed by atoms with E-state index in [0.29, 0.717) is 11.4 Å². The highest BCUT2D eigenvalue weighted by molar-refractivity contribution is 7.20. The van der Waals surface area contributed by atoms with Crippen molar-refractivity contribution >= 4 is 39.3 Å². The molecule has 0 fully saturated rings. The van der Waals surface area contributed by atoms with Crippen LogP contribution in [0.3, 0.4) is 0 Å². The Morgan fingerprint density at radius 2 is 1.83 bits per heavy atom. The quantitative estimate of drug-likeness (QED) is 0.445. The van der Waals surface area contributed by atoms with Gasteiger partial charge in [-0.2, -0.15) is 5.10 Å². The number of aryl methyl sites for hydroxylation is 1. The van der Waals surface area contributed by atoms with Crippen LogP contribution in [-0.2, 0) is 16.1 Å². The van der Waals surface area contributed by atoms with E-state index in [9.17, 15) is 18.8 Å². The van der Waals surface area contributed by atoms with Crippen LogP contribution in [0.25, 0.3) is 10.2 Å². The molecule has 3 aromatic rings. The van der Waals surface area contributed by atoms with E-state index >= 15 is 0 Å². The first-order valence-corrected chi connectivity index (χ1v) is 9.69. The molecule has 3 amide bonds. The van der Waals surface area contributed by atoms with E-state index in [-0.39, 0.29) is 11.9 Å². The fraction of sp³-hybridized carbons (Fsp3) is 0.263. The molecule has 3 N–H and O–H groups in total. The maximum Gasteiger partial charge on any atom is 0.327 e. The number of amides is 3. The van der Waals surface area contributed by atoms with E-state index in [4.69, 9.17) is 0 Å². The van der Waals surface area contributed by atoms with Crippen molar-refractivity contribution in [2.75, 3.05) is 0 Å². The van der Waals surface area contributed by atoms with Crippen LogP contribution in [0.4, 0.5) is 4.39 Å². The molecule has 29 heavy (non-hydrogen) atoms. The average molecular weight is 417 g/mol. The van der Waals surface area contributed by atoms with Gasteiger partial charge in [-0.3, -0.25) is 29.9 Å². The second-order valence-electron chi connectivity index (χ2n) is 6.74. The number of carbonyl (C=O) groups is 3. The van der Waals surface area contributed by atoms with Crippen molar-refractivity contribution in [1.29, 1.82) is 0 Å². The van der Waals surface area contributed by atoms with Gasteiger partial charge in [0.1, 0.15) is 10.6 Å². The van der Waals surface area contributed by atoms with Crippen molar-refractivity contribution < 1.29 is 18.8 Å². The van der Waals surface area contributed by atoms with E-state index < -0.39 is 17.7 Å². The Bertz CT molecular complexity index is 1070. The summed E-state index contributed by atoms with van der Waals surface area (Å²) in [5.41, 5.74) is 5.96. The number of hydrazine groups is 1. The summed E-state index contributed by atoms with van der Waals surface area (Å²) < 4.78 is 14.8. The monoisotopic (exact) mass is 417 g/mol. The van der Waals surface area contributed by atoms with E-state index in [2.05, 4.69) is 21.3 Å². The molecule has 3 rings (SSSR count). The number of carbonyl (C=O) groups excluding carboxylic acids is 3. The number of nitrogens with zero attached hydrogens (tertiary/aromatic N) is 2. The van der Waals surface area contributed by atoms with Crippen LogP contribution < -0.4 is 16.2 Å². The first-order chi connectivity index (χ1) is 13.7. The lowest BCUT2D eigenvalue weighted by Gasteiger charge is -2.09. The van der Waals surface area contributed by atoms with Gasteiger partial charge >= 0.3 is 11.8 Å². The molecule has 0 aliphatic heterocycles. The zero-order chi connectivity index (χ0) is 21.1. The lowest BCUT2D eigenvalue weighted by atomic mass is 10.2. The molecule has 0 radical (unpaired) electrons. The van der Waals surface area contributed by atoms with Gasteiger partial charge in [0.15, 0.2) is 0 Å². The highest BCUT2D eigenvalue weighted by Gasteiger charge is 2.19. The third-order valence-corrected chi connectivity index (χ3v) is 5.14. The minimum absolute atomic E-state index is 0.196.